The molecule has 2 N–H and O–H groups in total. The van der Waals surface area contributed by atoms with E-state index < -0.39 is 0 Å². The van der Waals surface area contributed by atoms with Crippen LogP contribution in [0.2, 0.25) is 0 Å². The summed E-state index contributed by atoms with van der Waals surface area (Å²) < 4.78 is 5.34. The molecular weight excluding hydrogens is 364 g/mol. The molecule has 6 heteroatoms. The van der Waals surface area contributed by atoms with E-state index >= 15 is 0 Å². The van der Waals surface area contributed by atoms with Crippen LogP contribution in [-0.4, -0.2) is 16.0 Å². The number of para-hydroxylation sites is 2. The van der Waals surface area contributed by atoms with Gasteiger partial charge in [0.25, 0.3) is 5.91 Å². The van der Waals surface area contributed by atoms with Crippen molar-refractivity contribution in [3.63, 3.8) is 0 Å². The molecule has 0 radical (unpaired) electrons. The Balaban J connectivity index is 1.45. The van der Waals surface area contributed by atoms with Crippen LogP contribution >= 0.6 is 0 Å². The normalized spacial score (nSPS) is 10.5. The lowest BCUT2D eigenvalue weighted by Crippen LogP contribution is -2.14. The van der Waals surface area contributed by atoms with Gasteiger partial charge < -0.3 is 15.2 Å². The molecule has 1 heterocycles. The molecule has 29 heavy (non-hydrogen) atoms. The van der Waals surface area contributed by atoms with Crippen LogP contribution in [0, 0.1) is 6.92 Å². The van der Waals surface area contributed by atoms with Crippen LogP contribution in [0.15, 0.2) is 83.4 Å². The number of hydrogen-bond donors (Lipinski definition) is 2. The van der Waals surface area contributed by atoms with E-state index in [2.05, 4.69) is 20.8 Å². The van der Waals surface area contributed by atoms with Crippen molar-refractivity contribution >= 4 is 17.3 Å². The van der Waals surface area contributed by atoms with Crippen molar-refractivity contribution in [1.29, 1.82) is 0 Å². The maximum absolute atomic E-state index is 12.7. The standard InChI is InChI=1S/C23H20N4O2/c1-16-11-13-17(14-12-16)22-26-21(29-27-22)15-24-20-10-6-5-9-19(20)23(28)25-18-7-3-2-4-8-18/h2-14,24H,15H2,1H3,(H,25,28). The Kier molecular flexibility index (Phi) is 5.33. The molecular formula is C23H20N4O2. The highest BCUT2D eigenvalue weighted by Crippen LogP contribution is 2.20. The second-order valence-corrected chi connectivity index (χ2v) is 6.60. The first kappa shape index (κ1) is 18.4. The molecule has 0 bridgehead atoms. The van der Waals surface area contributed by atoms with Gasteiger partial charge >= 0.3 is 0 Å². The molecule has 0 spiro atoms. The van der Waals surface area contributed by atoms with Gasteiger partial charge in [-0.3, -0.25) is 4.79 Å². The van der Waals surface area contributed by atoms with E-state index in [1.807, 2.05) is 79.7 Å². The fraction of sp³-hybridized carbons (Fsp3) is 0.0870. The van der Waals surface area contributed by atoms with E-state index in [0.717, 1.165) is 11.3 Å². The topological polar surface area (TPSA) is 80.0 Å². The van der Waals surface area contributed by atoms with E-state index in [1.54, 1.807) is 6.07 Å². The summed E-state index contributed by atoms with van der Waals surface area (Å²) in [5.74, 6) is 0.793. The van der Waals surface area contributed by atoms with Crippen molar-refractivity contribution in [2.75, 3.05) is 10.6 Å². The lowest BCUT2D eigenvalue weighted by Gasteiger charge is -2.11. The van der Waals surface area contributed by atoms with Crippen molar-refractivity contribution in [1.82, 2.24) is 10.1 Å². The molecule has 0 atom stereocenters. The maximum atomic E-state index is 12.7. The summed E-state index contributed by atoms with van der Waals surface area (Å²) in [6.45, 7) is 2.34. The van der Waals surface area contributed by atoms with Crippen LogP contribution in [-0.2, 0) is 6.54 Å². The number of nitrogens with one attached hydrogen (secondary N) is 2. The second kappa shape index (κ2) is 8.39. The van der Waals surface area contributed by atoms with Crippen LogP contribution in [0.3, 0.4) is 0 Å². The van der Waals surface area contributed by atoms with Gasteiger partial charge in [0.1, 0.15) is 0 Å². The van der Waals surface area contributed by atoms with Gasteiger partial charge in [0.05, 0.1) is 12.1 Å². The minimum atomic E-state index is -0.190. The minimum absolute atomic E-state index is 0.190. The monoisotopic (exact) mass is 384 g/mol. The Bertz CT molecular complexity index is 1110. The zero-order valence-corrected chi connectivity index (χ0v) is 15.9. The third kappa shape index (κ3) is 4.50. The van der Waals surface area contributed by atoms with Gasteiger partial charge in [0.15, 0.2) is 0 Å². The van der Waals surface area contributed by atoms with Crippen LogP contribution < -0.4 is 10.6 Å². The van der Waals surface area contributed by atoms with Crippen molar-refractivity contribution in [3.8, 4) is 11.4 Å². The molecule has 0 aliphatic heterocycles. The number of carbonyl (C=O) groups is 1. The quantitative estimate of drug-likeness (QED) is 0.494. The summed E-state index contributed by atoms with van der Waals surface area (Å²) in [6, 6.07) is 24.6. The van der Waals surface area contributed by atoms with Crippen molar-refractivity contribution < 1.29 is 9.32 Å². The number of aryl methyl sites for hydroxylation is 1. The zero-order chi connectivity index (χ0) is 20.1. The number of carbonyl (C=O) groups excluding carboxylic acids is 1. The number of benzene rings is 3. The molecule has 0 saturated carbocycles. The molecule has 1 amide bonds. The average molecular weight is 384 g/mol. The Morgan fingerprint density at radius 2 is 1.66 bits per heavy atom. The largest absolute Gasteiger partial charge is 0.375 e. The first-order valence-corrected chi connectivity index (χ1v) is 9.28. The lowest BCUT2D eigenvalue weighted by molar-refractivity contribution is 0.102. The molecule has 0 fully saturated rings. The summed E-state index contributed by atoms with van der Waals surface area (Å²) in [7, 11) is 0. The van der Waals surface area contributed by atoms with Crippen molar-refractivity contribution in [2.24, 2.45) is 0 Å². The van der Waals surface area contributed by atoms with Gasteiger partial charge in [-0.05, 0) is 31.2 Å². The van der Waals surface area contributed by atoms with Gasteiger partial charge in [-0.15, -0.1) is 0 Å². The minimum Gasteiger partial charge on any atom is -0.375 e. The number of nitrogens with zero attached hydrogens (tertiary/aromatic N) is 2. The third-order valence-electron chi connectivity index (χ3n) is 4.41. The maximum Gasteiger partial charge on any atom is 0.257 e. The first-order chi connectivity index (χ1) is 14.2. The van der Waals surface area contributed by atoms with E-state index in [9.17, 15) is 4.79 Å². The molecule has 0 aliphatic rings. The summed E-state index contributed by atoms with van der Waals surface area (Å²) in [6.07, 6.45) is 0. The molecule has 3 aromatic carbocycles. The van der Waals surface area contributed by atoms with E-state index in [4.69, 9.17) is 4.52 Å². The highest BCUT2D eigenvalue weighted by Gasteiger charge is 2.13. The Morgan fingerprint density at radius 1 is 0.931 bits per heavy atom. The van der Waals surface area contributed by atoms with Gasteiger partial charge in [-0.25, -0.2) is 0 Å². The van der Waals surface area contributed by atoms with Gasteiger partial charge in [-0.1, -0.05) is 65.3 Å². The fourth-order valence-corrected chi connectivity index (χ4v) is 2.87. The van der Waals surface area contributed by atoms with E-state index in [-0.39, 0.29) is 5.91 Å². The number of anilines is 2. The number of hydrogen-bond acceptors (Lipinski definition) is 5. The Labute approximate surface area is 168 Å². The molecule has 1 aromatic heterocycles. The summed E-state index contributed by atoms with van der Waals surface area (Å²) in [4.78, 5) is 17.1. The van der Waals surface area contributed by atoms with Gasteiger partial charge in [0, 0.05) is 16.9 Å². The van der Waals surface area contributed by atoms with Crippen molar-refractivity contribution in [2.45, 2.75) is 13.5 Å². The molecule has 4 aromatic rings. The number of aromatic nitrogens is 2. The second-order valence-electron chi connectivity index (χ2n) is 6.60. The van der Waals surface area contributed by atoms with Gasteiger partial charge in [0.2, 0.25) is 11.7 Å². The Hall–Kier alpha value is -3.93. The van der Waals surface area contributed by atoms with E-state index in [1.165, 1.54) is 5.56 Å². The Morgan fingerprint density at radius 3 is 2.45 bits per heavy atom. The van der Waals surface area contributed by atoms with Crippen LogP contribution in [0.1, 0.15) is 21.8 Å². The van der Waals surface area contributed by atoms with Crippen molar-refractivity contribution in [3.05, 3.63) is 95.9 Å². The van der Waals surface area contributed by atoms with Gasteiger partial charge in [-0.2, -0.15) is 4.98 Å². The van der Waals surface area contributed by atoms with Crippen LogP contribution in [0.25, 0.3) is 11.4 Å². The van der Waals surface area contributed by atoms with E-state index in [0.29, 0.717) is 29.5 Å². The molecule has 0 saturated heterocycles. The molecule has 0 unspecified atom stereocenters. The SMILES string of the molecule is Cc1ccc(-c2noc(CNc3ccccc3C(=O)Nc3ccccc3)n2)cc1. The predicted molar refractivity (Wildman–Crippen MR) is 113 cm³/mol. The van der Waals surface area contributed by atoms with Crippen LogP contribution in [0.4, 0.5) is 11.4 Å². The number of amides is 1. The average Bonchev–Trinajstić information content (AvgIpc) is 3.23. The summed E-state index contributed by atoms with van der Waals surface area (Å²) in [5, 5.41) is 10.1. The molecule has 4 rings (SSSR count). The fourth-order valence-electron chi connectivity index (χ4n) is 2.87. The lowest BCUT2D eigenvalue weighted by atomic mass is 10.1. The molecule has 0 aliphatic carbocycles. The third-order valence-corrected chi connectivity index (χ3v) is 4.41. The summed E-state index contributed by atoms with van der Waals surface area (Å²) in [5.41, 5.74) is 4.04. The number of rotatable bonds is 6. The highest BCUT2D eigenvalue weighted by atomic mass is 16.5. The zero-order valence-electron chi connectivity index (χ0n) is 15.9. The molecule has 144 valence electrons. The van der Waals surface area contributed by atoms with Crippen LogP contribution in [0.5, 0.6) is 0 Å². The molecule has 6 nitrogen and oxygen atoms in total. The first-order valence-electron chi connectivity index (χ1n) is 9.28. The predicted octanol–water partition coefficient (Wildman–Crippen LogP) is 4.91. The smallest absolute Gasteiger partial charge is 0.257 e. The highest BCUT2D eigenvalue weighted by molar-refractivity contribution is 6.08. The summed E-state index contributed by atoms with van der Waals surface area (Å²) >= 11 is 0.